The van der Waals surface area contributed by atoms with Crippen molar-refractivity contribution in [1.29, 1.82) is 0 Å². The van der Waals surface area contributed by atoms with Crippen LogP contribution in [0, 0.1) is 0 Å². The Morgan fingerprint density at radius 3 is 2.29 bits per heavy atom. The van der Waals surface area contributed by atoms with Crippen molar-refractivity contribution in [1.82, 2.24) is 5.32 Å². The predicted octanol–water partition coefficient (Wildman–Crippen LogP) is 4.46. The lowest BCUT2D eigenvalue weighted by Crippen LogP contribution is -2.29. The highest BCUT2D eigenvalue weighted by Crippen LogP contribution is 2.24. The van der Waals surface area contributed by atoms with Crippen molar-refractivity contribution in [3.05, 3.63) is 69.7 Å². The Balaban J connectivity index is 1.91. The summed E-state index contributed by atoms with van der Waals surface area (Å²) < 4.78 is 0. The van der Waals surface area contributed by atoms with Crippen molar-refractivity contribution in [3.63, 3.8) is 0 Å². The molecule has 110 valence electrons. The Bertz CT molecular complexity index is 593. The molecule has 0 unspecified atom stereocenters. The van der Waals surface area contributed by atoms with E-state index in [9.17, 15) is 4.79 Å². The van der Waals surface area contributed by atoms with Crippen molar-refractivity contribution in [2.75, 3.05) is 6.54 Å². The van der Waals surface area contributed by atoms with Crippen LogP contribution in [0.5, 0.6) is 0 Å². The van der Waals surface area contributed by atoms with Gasteiger partial charge in [-0.1, -0.05) is 66.5 Å². The van der Waals surface area contributed by atoms with Gasteiger partial charge in [0.1, 0.15) is 0 Å². The van der Waals surface area contributed by atoms with Crippen LogP contribution < -0.4 is 5.32 Å². The van der Waals surface area contributed by atoms with E-state index >= 15 is 0 Å². The Morgan fingerprint density at radius 1 is 1.05 bits per heavy atom. The molecular weight excluding hydrogens is 305 g/mol. The molecule has 4 heteroatoms. The van der Waals surface area contributed by atoms with Gasteiger partial charge in [0.2, 0.25) is 5.91 Å². The second-order valence-electron chi connectivity index (χ2n) is 4.99. The van der Waals surface area contributed by atoms with Crippen LogP contribution in [-0.2, 0) is 11.2 Å². The molecule has 0 saturated carbocycles. The molecule has 0 aliphatic carbocycles. The molecule has 0 aliphatic rings. The van der Waals surface area contributed by atoms with E-state index in [1.807, 2.05) is 18.2 Å². The Morgan fingerprint density at radius 2 is 1.67 bits per heavy atom. The highest BCUT2D eigenvalue weighted by atomic mass is 35.5. The van der Waals surface area contributed by atoms with Crippen molar-refractivity contribution in [3.8, 4) is 0 Å². The summed E-state index contributed by atoms with van der Waals surface area (Å²) in [7, 11) is 0. The molecule has 0 bridgehead atoms. The zero-order valence-electron chi connectivity index (χ0n) is 11.8. The molecule has 0 fully saturated rings. The van der Waals surface area contributed by atoms with Crippen molar-refractivity contribution >= 4 is 29.1 Å². The second kappa shape index (κ2) is 7.48. The maximum absolute atomic E-state index is 12.0. The van der Waals surface area contributed by atoms with E-state index < -0.39 is 0 Å². The Labute approximate surface area is 135 Å². The molecule has 1 amide bonds. The molecule has 0 heterocycles. The number of carbonyl (C=O) groups excluding carboxylic acids is 1. The summed E-state index contributed by atoms with van der Waals surface area (Å²) in [4.78, 5) is 12.0. The fourth-order valence-electron chi connectivity index (χ4n) is 2.09. The fraction of sp³-hybridized carbons (Fsp3) is 0.235. The smallest absolute Gasteiger partial charge is 0.224 e. The highest BCUT2D eigenvalue weighted by Gasteiger charge is 2.12. The molecule has 2 aromatic carbocycles. The third-order valence-electron chi connectivity index (χ3n) is 3.37. The van der Waals surface area contributed by atoms with Gasteiger partial charge in [0.05, 0.1) is 6.42 Å². The number of benzene rings is 2. The van der Waals surface area contributed by atoms with Gasteiger partial charge in [-0.2, -0.15) is 0 Å². The molecule has 2 aromatic rings. The summed E-state index contributed by atoms with van der Waals surface area (Å²) in [6.45, 7) is 2.67. The van der Waals surface area contributed by atoms with Gasteiger partial charge < -0.3 is 5.32 Å². The summed E-state index contributed by atoms with van der Waals surface area (Å²) >= 11 is 12.1. The van der Waals surface area contributed by atoms with Crippen LogP contribution in [0.2, 0.25) is 10.0 Å². The molecule has 2 rings (SSSR count). The summed E-state index contributed by atoms with van der Waals surface area (Å²) in [5.74, 6) is 0.185. The second-order valence-corrected chi connectivity index (χ2v) is 5.81. The molecule has 0 aromatic heterocycles. The summed E-state index contributed by atoms with van der Waals surface area (Å²) in [5.41, 5.74) is 1.87. The van der Waals surface area contributed by atoms with Crippen LogP contribution in [0.3, 0.4) is 0 Å². The average molecular weight is 322 g/mol. The lowest BCUT2D eigenvalue weighted by molar-refractivity contribution is -0.120. The molecule has 0 radical (unpaired) electrons. The predicted molar refractivity (Wildman–Crippen MR) is 88.0 cm³/mol. The average Bonchev–Trinajstić information content (AvgIpc) is 2.49. The maximum atomic E-state index is 12.0. The number of halogens is 2. The molecule has 1 atom stereocenters. The monoisotopic (exact) mass is 321 g/mol. The minimum absolute atomic E-state index is 0.0761. The first-order chi connectivity index (χ1) is 10.1. The van der Waals surface area contributed by atoms with E-state index in [2.05, 4.69) is 24.4 Å². The van der Waals surface area contributed by atoms with Gasteiger partial charge in [0.15, 0.2) is 0 Å². The van der Waals surface area contributed by atoms with Gasteiger partial charge in [-0.05, 0) is 29.2 Å². The molecule has 1 N–H and O–H groups in total. The lowest BCUT2D eigenvalue weighted by atomic mass is 10.0. The zero-order valence-corrected chi connectivity index (χ0v) is 13.3. The van der Waals surface area contributed by atoms with Crippen molar-refractivity contribution in [2.45, 2.75) is 19.3 Å². The van der Waals surface area contributed by atoms with E-state index in [0.717, 1.165) is 0 Å². The summed E-state index contributed by atoms with van der Waals surface area (Å²) in [6, 6.07) is 15.3. The third kappa shape index (κ3) is 4.48. The largest absolute Gasteiger partial charge is 0.355 e. The van der Waals surface area contributed by atoms with Crippen LogP contribution in [0.1, 0.15) is 24.0 Å². The van der Waals surface area contributed by atoms with E-state index in [-0.39, 0.29) is 18.2 Å². The number of amides is 1. The normalized spacial score (nSPS) is 12.0. The molecule has 2 nitrogen and oxygen atoms in total. The maximum Gasteiger partial charge on any atom is 0.224 e. The summed E-state index contributed by atoms with van der Waals surface area (Å²) in [6.07, 6.45) is 0.194. The van der Waals surface area contributed by atoms with Crippen LogP contribution in [0.25, 0.3) is 0 Å². The number of carbonyl (C=O) groups is 1. The van der Waals surface area contributed by atoms with E-state index in [0.29, 0.717) is 22.2 Å². The highest BCUT2D eigenvalue weighted by molar-refractivity contribution is 6.36. The first-order valence-electron chi connectivity index (χ1n) is 6.82. The minimum Gasteiger partial charge on any atom is -0.355 e. The lowest BCUT2D eigenvalue weighted by Gasteiger charge is -2.13. The molecule has 0 aliphatic heterocycles. The number of hydrogen-bond donors (Lipinski definition) is 1. The van der Waals surface area contributed by atoms with Gasteiger partial charge in [-0.3, -0.25) is 4.79 Å². The Kier molecular flexibility index (Phi) is 5.66. The van der Waals surface area contributed by atoms with Gasteiger partial charge in [-0.15, -0.1) is 0 Å². The topological polar surface area (TPSA) is 29.1 Å². The van der Waals surface area contributed by atoms with Crippen molar-refractivity contribution < 1.29 is 4.79 Å². The first kappa shape index (κ1) is 15.9. The van der Waals surface area contributed by atoms with Crippen LogP contribution in [0.15, 0.2) is 48.5 Å². The number of hydrogen-bond acceptors (Lipinski definition) is 1. The number of nitrogens with one attached hydrogen (secondary N) is 1. The quantitative estimate of drug-likeness (QED) is 0.865. The van der Waals surface area contributed by atoms with Crippen molar-refractivity contribution in [2.24, 2.45) is 0 Å². The van der Waals surface area contributed by atoms with E-state index in [1.54, 1.807) is 18.2 Å². The Hall–Kier alpha value is -1.51. The van der Waals surface area contributed by atoms with Gasteiger partial charge in [-0.25, -0.2) is 0 Å². The minimum atomic E-state index is -0.0761. The van der Waals surface area contributed by atoms with Crippen LogP contribution >= 0.6 is 23.2 Å². The fourth-order valence-corrected chi connectivity index (χ4v) is 2.62. The van der Waals surface area contributed by atoms with E-state index in [1.165, 1.54) is 5.56 Å². The molecule has 0 spiro atoms. The van der Waals surface area contributed by atoms with Gasteiger partial charge in [0, 0.05) is 16.6 Å². The standard InChI is InChI=1S/C17H17Cl2NO/c1-12(13-6-3-2-4-7-13)11-20-17(21)10-14-15(18)8-5-9-16(14)19/h2-9,12H,10-11H2,1H3,(H,20,21)/t12-/m1/s1. The van der Waals surface area contributed by atoms with Crippen LogP contribution in [0.4, 0.5) is 0 Å². The van der Waals surface area contributed by atoms with Gasteiger partial charge >= 0.3 is 0 Å². The first-order valence-corrected chi connectivity index (χ1v) is 7.58. The molecule has 0 saturated heterocycles. The van der Waals surface area contributed by atoms with Gasteiger partial charge in [0.25, 0.3) is 0 Å². The molecule has 21 heavy (non-hydrogen) atoms. The number of rotatable bonds is 5. The van der Waals surface area contributed by atoms with E-state index in [4.69, 9.17) is 23.2 Å². The zero-order chi connectivity index (χ0) is 15.2. The summed E-state index contributed by atoms with van der Waals surface area (Å²) in [5, 5.41) is 3.97. The van der Waals surface area contributed by atoms with Crippen LogP contribution in [-0.4, -0.2) is 12.5 Å². The molecular formula is C17H17Cl2NO. The SMILES string of the molecule is C[C@H](CNC(=O)Cc1c(Cl)cccc1Cl)c1ccccc1. The third-order valence-corrected chi connectivity index (χ3v) is 4.08.